The predicted octanol–water partition coefficient (Wildman–Crippen LogP) is 2.08. The lowest BCUT2D eigenvalue weighted by molar-refractivity contribution is -0.160. The van der Waals surface area contributed by atoms with Gasteiger partial charge in [0.1, 0.15) is 6.04 Å². The number of alkyl halides is 2. The van der Waals surface area contributed by atoms with Gasteiger partial charge < -0.3 is 9.47 Å². The van der Waals surface area contributed by atoms with E-state index in [4.69, 9.17) is 4.74 Å². The molecule has 0 aromatic carbocycles. The molecule has 1 aliphatic heterocycles. The van der Waals surface area contributed by atoms with E-state index in [9.17, 15) is 18.4 Å². The Morgan fingerprint density at radius 3 is 2.70 bits per heavy atom. The van der Waals surface area contributed by atoms with Crippen LogP contribution in [-0.4, -0.2) is 55.6 Å². The monoisotopic (exact) mass is 329 g/mol. The molecular formula is C16H21F2NO4. The molecule has 7 heteroatoms. The third-order valence-corrected chi connectivity index (χ3v) is 4.14. The molecule has 0 aromatic rings. The molecule has 0 bridgehead atoms. The Kier molecular flexibility index (Phi) is 6.01. The Morgan fingerprint density at radius 1 is 1.35 bits per heavy atom. The van der Waals surface area contributed by atoms with E-state index in [2.05, 4.69) is 4.74 Å². The zero-order chi connectivity index (χ0) is 17.0. The number of hydrogen-bond acceptors (Lipinski definition) is 5. The fourth-order valence-corrected chi connectivity index (χ4v) is 2.77. The second-order valence-electron chi connectivity index (χ2n) is 5.95. The smallest absolute Gasteiger partial charge is 0.345 e. The van der Waals surface area contributed by atoms with Gasteiger partial charge in [-0.05, 0) is 32.4 Å². The first kappa shape index (κ1) is 17.7. The van der Waals surface area contributed by atoms with E-state index in [1.807, 2.05) is 13.0 Å². The van der Waals surface area contributed by atoms with Crippen LogP contribution in [0.2, 0.25) is 0 Å². The van der Waals surface area contributed by atoms with Gasteiger partial charge in [0.25, 0.3) is 0 Å². The standard InChI is InChI=1S/C16H21F2NO4/c1-10-3-5-11(6-4-10)14(20)9-22-15(21)13-7-12(8-19(13)2)23-16(17)18/h3,5,12-13,16H,4,6-9H2,1-2H3. The van der Waals surface area contributed by atoms with Crippen molar-refractivity contribution < 1.29 is 27.8 Å². The molecule has 5 nitrogen and oxygen atoms in total. The van der Waals surface area contributed by atoms with E-state index >= 15 is 0 Å². The summed E-state index contributed by atoms with van der Waals surface area (Å²) in [4.78, 5) is 25.6. The van der Waals surface area contributed by atoms with Crippen LogP contribution < -0.4 is 0 Å². The molecule has 0 amide bonds. The summed E-state index contributed by atoms with van der Waals surface area (Å²) < 4.78 is 33.9. The van der Waals surface area contributed by atoms with Crippen molar-refractivity contribution in [3.05, 3.63) is 23.3 Å². The minimum absolute atomic E-state index is 0.137. The maximum absolute atomic E-state index is 12.2. The summed E-state index contributed by atoms with van der Waals surface area (Å²) in [5.74, 6) is -0.799. The molecule has 1 heterocycles. The first-order valence-electron chi connectivity index (χ1n) is 7.57. The van der Waals surface area contributed by atoms with Gasteiger partial charge in [-0.25, -0.2) is 0 Å². The second kappa shape index (κ2) is 7.79. The van der Waals surface area contributed by atoms with Gasteiger partial charge >= 0.3 is 12.6 Å². The number of nitrogens with zero attached hydrogens (tertiary/aromatic N) is 1. The fraction of sp³-hybridized carbons (Fsp3) is 0.625. The Bertz CT molecular complexity index is 530. The highest BCUT2D eigenvalue weighted by Gasteiger charge is 2.37. The summed E-state index contributed by atoms with van der Waals surface area (Å²) in [5, 5.41) is 0. The molecule has 0 spiro atoms. The summed E-state index contributed by atoms with van der Waals surface area (Å²) in [6.07, 6.45) is 4.54. The van der Waals surface area contributed by atoms with Gasteiger partial charge in [-0.1, -0.05) is 17.7 Å². The number of ether oxygens (including phenoxy) is 2. The fourth-order valence-electron chi connectivity index (χ4n) is 2.77. The van der Waals surface area contributed by atoms with Crippen molar-refractivity contribution in [2.24, 2.45) is 0 Å². The Balaban J connectivity index is 1.82. The summed E-state index contributed by atoms with van der Waals surface area (Å²) in [5.41, 5.74) is 1.85. The Hall–Kier alpha value is -1.60. The normalized spacial score (nSPS) is 25.3. The van der Waals surface area contributed by atoms with Crippen molar-refractivity contribution in [3.8, 4) is 0 Å². The zero-order valence-electron chi connectivity index (χ0n) is 13.3. The summed E-state index contributed by atoms with van der Waals surface area (Å²) in [6.45, 7) is -0.958. The van der Waals surface area contributed by atoms with Crippen molar-refractivity contribution in [3.63, 3.8) is 0 Å². The van der Waals surface area contributed by atoms with Crippen LogP contribution >= 0.6 is 0 Å². The van der Waals surface area contributed by atoms with E-state index in [1.54, 1.807) is 18.0 Å². The van der Waals surface area contributed by atoms with Crippen LogP contribution in [0.1, 0.15) is 26.2 Å². The number of halogens is 2. The number of likely N-dealkylation sites (N-methyl/N-ethyl adjacent to an activating group) is 1. The van der Waals surface area contributed by atoms with Crippen LogP contribution in [0.25, 0.3) is 0 Å². The Morgan fingerprint density at radius 2 is 2.09 bits per heavy atom. The molecule has 1 aliphatic carbocycles. The number of Topliss-reactive ketones (excluding diaryl/α,β-unsaturated/α-hetero) is 1. The maximum atomic E-state index is 12.2. The number of rotatable bonds is 6. The van der Waals surface area contributed by atoms with Gasteiger partial charge in [-0.3, -0.25) is 14.5 Å². The third kappa shape index (κ3) is 4.94. The number of carbonyl (C=O) groups excluding carboxylic acids is 2. The molecule has 1 fully saturated rings. The molecule has 0 radical (unpaired) electrons. The van der Waals surface area contributed by atoms with E-state index < -0.39 is 24.7 Å². The van der Waals surface area contributed by atoms with Crippen LogP contribution in [0.3, 0.4) is 0 Å². The lowest BCUT2D eigenvalue weighted by atomic mass is 9.97. The van der Waals surface area contributed by atoms with Crippen molar-refractivity contribution in [2.75, 3.05) is 20.2 Å². The molecule has 0 saturated carbocycles. The van der Waals surface area contributed by atoms with Crippen molar-refractivity contribution in [2.45, 2.75) is 44.9 Å². The number of ketones is 1. The Labute approximate surface area is 133 Å². The summed E-state index contributed by atoms with van der Waals surface area (Å²) >= 11 is 0. The van der Waals surface area contributed by atoms with Crippen LogP contribution in [0.15, 0.2) is 23.3 Å². The van der Waals surface area contributed by atoms with Crippen LogP contribution in [-0.2, 0) is 19.1 Å². The van der Waals surface area contributed by atoms with Gasteiger partial charge in [0, 0.05) is 13.0 Å². The van der Waals surface area contributed by atoms with Gasteiger partial charge in [0.15, 0.2) is 12.4 Å². The molecular weight excluding hydrogens is 308 g/mol. The lowest BCUT2D eigenvalue weighted by Gasteiger charge is -2.17. The minimum Gasteiger partial charge on any atom is -0.456 e. The van der Waals surface area contributed by atoms with Crippen molar-refractivity contribution in [1.82, 2.24) is 4.90 Å². The number of allylic oxidation sites excluding steroid dienone is 3. The van der Waals surface area contributed by atoms with Gasteiger partial charge in [-0.15, -0.1) is 0 Å². The van der Waals surface area contributed by atoms with E-state index in [-0.39, 0.29) is 25.4 Å². The maximum Gasteiger partial charge on any atom is 0.345 e. The quantitative estimate of drug-likeness (QED) is 0.698. The largest absolute Gasteiger partial charge is 0.456 e. The number of esters is 1. The molecule has 2 atom stereocenters. The number of hydrogen-bond donors (Lipinski definition) is 0. The average Bonchev–Trinajstić information content (AvgIpc) is 2.85. The molecule has 0 aromatic heterocycles. The first-order valence-corrected chi connectivity index (χ1v) is 7.57. The van der Waals surface area contributed by atoms with Crippen LogP contribution in [0.5, 0.6) is 0 Å². The molecule has 0 N–H and O–H groups in total. The van der Waals surface area contributed by atoms with E-state index in [0.29, 0.717) is 12.0 Å². The van der Waals surface area contributed by atoms with Crippen molar-refractivity contribution >= 4 is 11.8 Å². The topological polar surface area (TPSA) is 55.8 Å². The SMILES string of the molecule is CC1=CC=C(C(=O)COC(=O)C2CC(OC(F)F)CN2C)CC1. The van der Waals surface area contributed by atoms with Crippen LogP contribution in [0, 0.1) is 0 Å². The van der Waals surface area contributed by atoms with E-state index in [1.165, 1.54) is 5.57 Å². The van der Waals surface area contributed by atoms with Gasteiger partial charge in [-0.2, -0.15) is 8.78 Å². The number of carbonyl (C=O) groups is 2. The average molecular weight is 329 g/mol. The predicted molar refractivity (Wildman–Crippen MR) is 79.0 cm³/mol. The third-order valence-electron chi connectivity index (χ3n) is 4.14. The molecule has 23 heavy (non-hydrogen) atoms. The van der Waals surface area contributed by atoms with Gasteiger partial charge in [0.05, 0.1) is 6.10 Å². The minimum atomic E-state index is -2.86. The molecule has 2 aliphatic rings. The second-order valence-corrected chi connectivity index (χ2v) is 5.95. The van der Waals surface area contributed by atoms with E-state index in [0.717, 1.165) is 6.42 Å². The highest BCUT2D eigenvalue weighted by molar-refractivity contribution is 5.98. The van der Waals surface area contributed by atoms with Crippen LogP contribution in [0.4, 0.5) is 8.78 Å². The lowest BCUT2D eigenvalue weighted by Crippen LogP contribution is -2.35. The zero-order valence-corrected chi connectivity index (χ0v) is 13.3. The molecule has 2 rings (SSSR count). The van der Waals surface area contributed by atoms with Crippen molar-refractivity contribution in [1.29, 1.82) is 0 Å². The molecule has 128 valence electrons. The highest BCUT2D eigenvalue weighted by atomic mass is 19.3. The first-order chi connectivity index (χ1) is 10.9. The summed E-state index contributed by atoms with van der Waals surface area (Å²) in [6, 6.07) is -0.658. The highest BCUT2D eigenvalue weighted by Crippen LogP contribution is 2.22. The summed E-state index contributed by atoms with van der Waals surface area (Å²) in [7, 11) is 1.64. The number of likely N-dealkylation sites (tertiary alicyclic amines) is 1. The molecule has 1 saturated heterocycles. The van der Waals surface area contributed by atoms with Gasteiger partial charge in [0.2, 0.25) is 0 Å². The molecule has 2 unspecified atom stereocenters.